The van der Waals surface area contributed by atoms with Gasteiger partial charge in [-0.25, -0.2) is 0 Å². The molecule has 0 heterocycles. The van der Waals surface area contributed by atoms with E-state index in [1.165, 1.54) is 24.6 Å². The number of nitrogens with one attached hydrogen (secondary N) is 1. The molecular formula is C22H28N2O2. The number of amides is 2. The first kappa shape index (κ1) is 18.4. The van der Waals surface area contributed by atoms with E-state index in [1.54, 1.807) is 11.9 Å². The number of likely N-dealkylation sites (N-methyl/N-ethyl adjacent to an activating group) is 1. The second-order valence-corrected chi connectivity index (χ2v) is 7.37. The molecule has 0 bridgehead atoms. The predicted octanol–water partition coefficient (Wildman–Crippen LogP) is 3.88. The lowest BCUT2D eigenvalue weighted by Crippen LogP contribution is -2.38. The van der Waals surface area contributed by atoms with E-state index in [0.717, 1.165) is 23.8 Å². The maximum atomic E-state index is 12.4. The number of nitrogens with zero attached hydrogens (tertiary/aromatic N) is 1. The van der Waals surface area contributed by atoms with Crippen LogP contribution in [-0.4, -0.2) is 30.3 Å². The highest BCUT2D eigenvalue weighted by Crippen LogP contribution is 2.26. The molecule has 0 radical (unpaired) electrons. The third-order valence-electron chi connectivity index (χ3n) is 5.35. The summed E-state index contributed by atoms with van der Waals surface area (Å²) in [6, 6.07) is 14.3. The Labute approximate surface area is 155 Å². The van der Waals surface area contributed by atoms with Crippen molar-refractivity contribution >= 4 is 22.6 Å². The summed E-state index contributed by atoms with van der Waals surface area (Å²) in [5, 5.41) is 5.14. The van der Waals surface area contributed by atoms with Crippen LogP contribution in [0.3, 0.4) is 0 Å². The number of hydrogen-bond donors (Lipinski definition) is 1. The van der Waals surface area contributed by atoms with E-state index in [-0.39, 0.29) is 18.4 Å². The fraction of sp³-hybridized carbons (Fsp3) is 0.455. The van der Waals surface area contributed by atoms with Gasteiger partial charge in [-0.05, 0) is 35.1 Å². The minimum atomic E-state index is -0.0603. The smallest absolute Gasteiger partial charge is 0.242 e. The van der Waals surface area contributed by atoms with Gasteiger partial charge in [-0.2, -0.15) is 0 Å². The Morgan fingerprint density at radius 3 is 2.58 bits per heavy atom. The van der Waals surface area contributed by atoms with Crippen molar-refractivity contribution in [3.63, 3.8) is 0 Å². The summed E-state index contributed by atoms with van der Waals surface area (Å²) in [6.07, 6.45) is 6.58. The van der Waals surface area contributed by atoms with Crippen LogP contribution in [0.2, 0.25) is 0 Å². The molecule has 0 unspecified atom stereocenters. The van der Waals surface area contributed by atoms with E-state index in [4.69, 9.17) is 0 Å². The molecule has 26 heavy (non-hydrogen) atoms. The van der Waals surface area contributed by atoms with Crippen LogP contribution in [0.25, 0.3) is 10.8 Å². The van der Waals surface area contributed by atoms with Gasteiger partial charge in [-0.1, -0.05) is 61.7 Å². The summed E-state index contributed by atoms with van der Waals surface area (Å²) in [4.78, 5) is 26.2. The lowest BCUT2D eigenvalue weighted by Gasteiger charge is -2.22. The highest BCUT2D eigenvalue weighted by molar-refractivity contribution is 5.87. The molecule has 0 atom stereocenters. The van der Waals surface area contributed by atoms with Gasteiger partial charge in [0.15, 0.2) is 0 Å². The largest absolute Gasteiger partial charge is 0.347 e. The highest BCUT2D eigenvalue weighted by Gasteiger charge is 2.18. The van der Waals surface area contributed by atoms with Gasteiger partial charge in [-0.3, -0.25) is 9.59 Å². The molecule has 3 rings (SSSR count). The molecule has 1 fully saturated rings. The van der Waals surface area contributed by atoms with Crippen molar-refractivity contribution in [3.05, 3.63) is 48.0 Å². The topological polar surface area (TPSA) is 49.4 Å². The van der Waals surface area contributed by atoms with Gasteiger partial charge in [0.1, 0.15) is 0 Å². The molecular weight excluding hydrogens is 324 g/mol. The van der Waals surface area contributed by atoms with Crippen LogP contribution in [-0.2, 0) is 16.1 Å². The van der Waals surface area contributed by atoms with Crippen molar-refractivity contribution in [3.8, 4) is 0 Å². The molecule has 138 valence electrons. The summed E-state index contributed by atoms with van der Waals surface area (Å²) in [5.41, 5.74) is 1.12. The summed E-state index contributed by atoms with van der Waals surface area (Å²) in [7, 11) is 1.79. The highest BCUT2D eigenvalue weighted by atomic mass is 16.2. The molecule has 4 nitrogen and oxygen atoms in total. The number of rotatable bonds is 6. The van der Waals surface area contributed by atoms with E-state index < -0.39 is 0 Å². The lowest BCUT2D eigenvalue weighted by atomic mass is 9.87. The summed E-state index contributed by atoms with van der Waals surface area (Å²) < 4.78 is 0. The average molecular weight is 352 g/mol. The molecule has 1 aliphatic rings. The Morgan fingerprint density at radius 1 is 1.04 bits per heavy atom. The first-order valence-corrected chi connectivity index (χ1v) is 9.61. The first-order chi connectivity index (χ1) is 12.6. The van der Waals surface area contributed by atoms with Crippen molar-refractivity contribution in [2.24, 2.45) is 5.92 Å². The van der Waals surface area contributed by atoms with Crippen molar-refractivity contribution in [2.75, 3.05) is 13.6 Å². The Balaban J connectivity index is 1.50. The van der Waals surface area contributed by atoms with Crippen LogP contribution in [0.1, 0.15) is 44.1 Å². The van der Waals surface area contributed by atoms with Crippen LogP contribution in [0, 0.1) is 5.92 Å². The second kappa shape index (κ2) is 8.84. The molecule has 1 saturated carbocycles. The van der Waals surface area contributed by atoms with Gasteiger partial charge in [0.2, 0.25) is 11.8 Å². The van der Waals surface area contributed by atoms with Gasteiger partial charge in [-0.15, -0.1) is 0 Å². The number of carbonyl (C=O) groups is 2. The maximum absolute atomic E-state index is 12.4. The Hall–Kier alpha value is -2.36. The van der Waals surface area contributed by atoms with Crippen molar-refractivity contribution in [1.82, 2.24) is 10.2 Å². The molecule has 0 spiro atoms. The molecule has 1 aliphatic carbocycles. The molecule has 1 N–H and O–H groups in total. The van der Waals surface area contributed by atoms with Crippen molar-refractivity contribution in [2.45, 2.75) is 45.1 Å². The number of hydrogen-bond acceptors (Lipinski definition) is 2. The molecule has 2 aromatic rings. The molecule has 0 saturated heterocycles. The standard InChI is InChI=1S/C22H28N2O2/c1-24(16-19-12-7-11-18-10-5-6-13-20(18)19)22(26)15-23-21(25)14-17-8-3-2-4-9-17/h5-7,10-13,17H,2-4,8-9,14-16H2,1H3,(H,23,25). The van der Waals surface area contributed by atoms with Crippen LogP contribution >= 0.6 is 0 Å². The number of carbonyl (C=O) groups excluding carboxylic acids is 2. The van der Waals surface area contributed by atoms with Gasteiger partial charge in [0.25, 0.3) is 0 Å². The molecule has 2 aromatic carbocycles. The molecule has 4 heteroatoms. The fourth-order valence-corrected chi connectivity index (χ4v) is 3.81. The third kappa shape index (κ3) is 4.84. The zero-order valence-electron chi connectivity index (χ0n) is 15.5. The third-order valence-corrected chi connectivity index (χ3v) is 5.35. The van der Waals surface area contributed by atoms with Crippen LogP contribution in [0.15, 0.2) is 42.5 Å². The first-order valence-electron chi connectivity index (χ1n) is 9.61. The van der Waals surface area contributed by atoms with Crippen LogP contribution < -0.4 is 5.32 Å². The summed E-state index contributed by atoms with van der Waals surface area (Å²) in [6.45, 7) is 0.617. The normalized spacial score (nSPS) is 15.0. The zero-order valence-corrected chi connectivity index (χ0v) is 15.5. The zero-order chi connectivity index (χ0) is 18.4. The van der Waals surface area contributed by atoms with Gasteiger partial charge >= 0.3 is 0 Å². The van der Waals surface area contributed by atoms with E-state index >= 15 is 0 Å². The summed E-state index contributed by atoms with van der Waals surface area (Å²) in [5.74, 6) is 0.436. The Morgan fingerprint density at radius 2 is 1.77 bits per heavy atom. The van der Waals surface area contributed by atoms with E-state index in [9.17, 15) is 9.59 Å². The lowest BCUT2D eigenvalue weighted by molar-refractivity contribution is -0.132. The molecule has 2 amide bonds. The monoisotopic (exact) mass is 352 g/mol. The van der Waals surface area contributed by atoms with Crippen molar-refractivity contribution < 1.29 is 9.59 Å². The minimum absolute atomic E-state index is 0.00353. The molecule has 0 aromatic heterocycles. The minimum Gasteiger partial charge on any atom is -0.347 e. The van der Waals surface area contributed by atoms with Gasteiger partial charge < -0.3 is 10.2 Å². The van der Waals surface area contributed by atoms with Crippen LogP contribution in [0.5, 0.6) is 0 Å². The fourth-order valence-electron chi connectivity index (χ4n) is 3.81. The maximum Gasteiger partial charge on any atom is 0.242 e. The van der Waals surface area contributed by atoms with Crippen LogP contribution in [0.4, 0.5) is 0 Å². The average Bonchev–Trinajstić information content (AvgIpc) is 2.67. The second-order valence-electron chi connectivity index (χ2n) is 7.37. The number of benzene rings is 2. The van der Waals surface area contributed by atoms with E-state index in [1.807, 2.05) is 24.3 Å². The molecule has 0 aliphatic heterocycles. The Bertz CT molecular complexity index is 760. The SMILES string of the molecule is CN(Cc1cccc2ccccc12)C(=O)CNC(=O)CC1CCCCC1. The quantitative estimate of drug-likeness (QED) is 0.857. The van der Waals surface area contributed by atoms with E-state index in [2.05, 4.69) is 23.5 Å². The Kier molecular flexibility index (Phi) is 6.26. The predicted molar refractivity (Wildman–Crippen MR) is 105 cm³/mol. The van der Waals surface area contributed by atoms with Crippen molar-refractivity contribution in [1.29, 1.82) is 0 Å². The van der Waals surface area contributed by atoms with E-state index in [0.29, 0.717) is 18.9 Å². The summed E-state index contributed by atoms with van der Waals surface area (Å²) >= 11 is 0. The van der Waals surface area contributed by atoms with Gasteiger partial charge in [0.05, 0.1) is 6.54 Å². The number of fused-ring (bicyclic) bond motifs is 1. The van der Waals surface area contributed by atoms with Gasteiger partial charge in [0, 0.05) is 20.0 Å².